The molecule has 2 heterocycles. The quantitative estimate of drug-likeness (QED) is 0.827. The van der Waals surface area contributed by atoms with Gasteiger partial charge in [0.2, 0.25) is 0 Å². The monoisotopic (exact) mass is 237 g/mol. The number of anilines is 1. The molecule has 96 valence electrons. The molecule has 0 bridgehead atoms. The predicted octanol–water partition coefficient (Wildman–Crippen LogP) is 2.01. The van der Waals surface area contributed by atoms with Crippen molar-refractivity contribution in [1.29, 1.82) is 0 Å². The van der Waals surface area contributed by atoms with Gasteiger partial charge in [0.1, 0.15) is 0 Å². The highest BCUT2D eigenvalue weighted by Gasteiger charge is 2.35. The van der Waals surface area contributed by atoms with E-state index in [1.165, 1.54) is 5.69 Å². The second-order valence-corrected chi connectivity index (χ2v) is 5.53. The number of aryl methyl sites for hydroxylation is 2. The van der Waals surface area contributed by atoms with Crippen molar-refractivity contribution in [1.82, 2.24) is 10.2 Å². The van der Waals surface area contributed by atoms with Gasteiger partial charge in [-0.15, -0.1) is 0 Å². The third-order valence-electron chi connectivity index (χ3n) is 4.11. The van der Waals surface area contributed by atoms with Crippen molar-refractivity contribution in [2.24, 2.45) is 5.92 Å². The van der Waals surface area contributed by atoms with Crippen LogP contribution in [-0.4, -0.2) is 34.0 Å². The van der Waals surface area contributed by atoms with Gasteiger partial charge in [-0.05, 0) is 32.6 Å². The first kappa shape index (κ1) is 12.4. The maximum Gasteiger partial charge on any atom is 0.0827 e. The number of nitrogens with zero attached hydrogens (tertiary/aromatic N) is 2. The van der Waals surface area contributed by atoms with Crippen molar-refractivity contribution in [3.63, 3.8) is 0 Å². The van der Waals surface area contributed by atoms with E-state index >= 15 is 0 Å². The van der Waals surface area contributed by atoms with Gasteiger partial charge in [-0.1, -0.05) is 13.8 Å². The van der Waals surface area contributed by atoms with Crippen LogP contribution in [0.2, 0.25) is 0 Å². The number of aromatic nitrogens is 2. The molecular formula is C13H23N3O. The lowest BCUT2D eigenvalue weighted by Gasteiger charge is -2.41. The summed E-state index contributed by atoms with van der Waals surface area (Å²) in [5, 5.41) is 17.7. The van der Waals surface area contributed by atoms with E-state index in [-0.39, 0.29) is 0 Å². The molecule has 0 radical (unpaired) electrons. The Kier molecular flexibility index (Phi) is 3.17. The molecule has 1 aromatic heterocycles. The molecule has 0 atom stereocenters. The predicted molar refractivity (Wildman–Crippen MR) is 69.3 cm³/mol. The van der Waals surface area contributed by atoms with Crippen LogP contribution >= 0.6 is 0 Å². The van der Waals surface area contributed by atoms with Gasteiger partial charge < -0.3 is 10.0 Å². The SMILES string of the molecule is Cc1n[nH]c(C)c1N1CCC(O)(C(C)C)CC1. The Labute approximate surface area is 103 Å². The molecule has 0 aliphatic carbocycles. The van der Waals surface area contributed by atoms with E-state index in [4.69, 9.17) is 0 Å². The Morgan fingerprint density at radius 2 is 1.88 bits per heavy atom. The summed E-state index contributed by atoms with van der Waals surface area (Å²) in [5.74, 6) is 0.330. The maximum atomic E-state index is 10.5. The van der Waals surface area contributed by atoms with Gasteiger partial charge in [-0.2, -0.15) is 5.10 Å². The molecule has 4 heteroatoms. The van der Waals surface area contributed by atoms with Crippen LogP contribution in [0.25, 0.3) is 0 Å². The third-order valence-corrected chi connectivity index (χ3v) is 4.11. The molecule has 0 aromatic carbocycles. The molecule has 2 N–H and O–H groups in total. The summed E-state index contributed by atoms with van der Waals surface area (Å²) in [4.78, 5) is 2.34. The summed E-state index contributed by atoms with van der Waals surface area (Å²) >= 11 is 0. The van der Waals surface area contributed by atoms with Gasteiger partial charge in [-0.3, -0.25) is 5.10 Å². The van der Waals surface area contributed by atoms with E-state index in [0.717, 1.165) is 37.3 Å². The first-order valence-corrected chi connectivity index (χ1v) is 6.43. The summed E-state index contributed by atoms with van der Waals surface area (Å²) < 4.78 is 0. The Hall–Kier alpha value is -1.03. The Morgan fingerprint density at radius 3 is 2.29 bits per heavy atom. The molecule has 0 unspecified atom stereocenters. The normalized spacial score (nSPS) is 20.0. The number of rotatable bonds is 2. The molecule has 0 spiro atoms. The number of nitrogens with one attached hydrogen (secondary N) is 1. The zero-order chi connectivity index (χ0) is 12.6. The van der Waals surface area contributed by atoms with Crippen LogP contribution in [0.3, 0.4) is 0 Å². The summed E-state index contributed by atoms with van der Waals surface area (Å²) in [6.07, 6.45) is 1.68. The summed E-state index contributed by atoms with van der Waals surface area (Å²) in [5.41, 5.74) is 2.91. The second-order valence-electron chi connectivity index (χ2n) is 5.53. The minimum absolute atomic E-state index is 0.330. The minimum atomic E-state index is -0.484. The number of H-pyrrole nitrogens is 1. The summed E-state index contributed by atoms with van der Waals surface area (Å²) in [6.45, 7) is 10.1. The van der Waals surface area contributed by atoms with Gasteiger partial charge in [0.15, 0.2) is 0 Å². The van der Waals surface area contributed by atoms with Crippen molar-refractivity contribution in [3.8, 4) is 0 Å². The fourth-order valence-electron chi connectivity index (χ4n) is 2.71. The van der Waals surface area contributed by atoms with E-state index in [2.05, 4.69) is 35.9 Å². The lowest BCUT2D eigenvalue weighted by atomic mass is 9.81. The van der Waals surface area contributed by atoms with E-state index in [1.807, 2.05) is 6.92 Å². The molecular weight excluding hydrogens is 214 g/mol. The third kappa shape index (κ3) is 2.18. The summed E-state index contributed by atoms with van der Waals surface area (Å²) in [7, 11) is 0. The van der Waals surface area contributed by atoms with Crippen molar-refractivity contribution in [3.05, 3.63) is 11.4 Å². The van der Waals surface area contributed by atoms with Crippen LogP contribution in [0.5, 0.6) is 0 Å². The Bertz CT molecular complexity index is 370. The van der Waals surface area contributed by atoms with Gasteiger partial charge in [0.25, 0.3) is 0 Å². The van der Waals surface area contributed by atoms with Crippen LogP contribution in [0.1, 0.15) is 38.1 Å². The smallest absolute Gasteiger partial charge is 0.0827 e. The highest BCUT2D eigenvalue weighted by Crippen LogP contribution is 2.33. The highest BCUT2D eigenvalue weighted by molar-refractivity contribution is 5.54. The number of hydrogen-bond acceptors (Lipinski definition) is 3. The van der Waals surface area contributed by atoms with Crippen molar-refractivity contribution >= 4 is 5.69 Å². The molecule has 0 saturated carbocycles. The number of aliphatic hydroxyl groups is 1. The van der Waals surface area contributed by atoms with Crippen molar-refractivity contribution in [2.75, 3.05) is 18.0 Å². The fourth-order valence-corrected chi connectivity index (χ4v) is 2.71. The fraction of sp³-hybridized carbons (Fsp3) is 0.769. The molecule has 0 amide bonds. The van der Waals surface area contributed by atoms with Crippen LogP contribution < -0.4 is 4.90 Å². The van der Waals surface area contributed by atoms with Gasteiger partial charge >= 0.3 is 0 Å². The van der Waals surface area contributed by atoms with Gasteiger partial charge in [-0.25, -0.2) is 0 Å². The minimum Gasteiger partial charge on any atom is -0.389 e. The van der Waals surface area contributed by atoms with Crippen molar-refractivity contribution < 1.29 is 5.11 Å². The molecule has 17 heavy (non-hydrogen) atoms. The molecule has 1 saturated heterocycles. The first-order chi connectivity index (χ1) is 7.94. The maximum absolute atomic E-state index is 10.5. The Morgan fingerprint density at radius 1 is 1.29 bits per heavy atom. The average Bonchev–Trinajstić information content (AvgIpc) is 2.60. The molecule has 2 rings (SSSR count). The summed E-state index contributed by atoms with van der Waals surface area (Å²) in [6, 6.07) is 0. The van der Waals surface area contributed by atoms with E-state index < -0.39 is 5.60 Å². The highest BCUT2D eigenvalue weighted by atomic mass is 16.3. The number of piperidine rings is 1. The first-order valence-electron chi connectivity index (χ1n) is 6.43. The average molecular weight is 237 g/mol. The lowest BCUT2D eigenvalue weighted by molar-refractivity contribution is -0.0262. The van der Waals surface area contributed by atoms with Crippen LogP contribution in [-0.2, 0) is 0 Å². The number of hydrogen-bond donors (Lipinski definition) is 2. The second kappa shape index (κ2) is 4.33. The standard InChI is InChI=1S/C13H23N3O/c1-9(2)13(17)5-7-16(8-6-13)12-10(3)14-15-11(12)4/h9,17H,5-8H2,1-4H3,(H,14,15). The zero-order valence-corrected chi connectivity index (χ0v) is 11.2. The Balaban J connectivity index is 2.10. The largest absolute Gasteiger partial charge is 0.389 e. The molecule has 1 aliphatic rings. The molecule has 1 fully saturated rings. The van der Waals surface area contributed by atoms with Gasteiger partial charge in [0.05, 0.1) is 22.7 Å². The van der Waals surface area contributed by atoms with E-state index in [1.54, 1.807) is 0 Å². The molecule has 4 nitrogen and oxygen atoms in total. The topological polar surface area (TPSA) is 52.2 Å². The van der Waals surface area contributed by atoms with Gasteiger partial charge in [0, 0.05) is 13.1 Å². The zero-order valence-electron chi connectivity index (χ0n) is 11.2. The lowest BCUT2D eigenvalue weighted by Crippen LogP contribution is -2.47. The van der Waals surface area contributed by atoms with E-state index in [9.17, 15) is 5.11 Å². The van der Waals surface area contributed by atoms with Crippen molar-refractivity contribution in [2.45, 2.75) is 46.1 Å². The molecule has 1 aliphatic heterocycles. The number of aromatic amines is 1. The molecule has 1 aromatic rings. The van der Waals surface area contributed by atoms with Crippen LogP contribution in [0.4, 0.5) is 5.69 Å². The van der Waals surface area contributed by atoms with Crippen LogP contribution in [0, 0.1) is 19.8 Å². The van der Waals surface area contributed by atoms with E-state index in [0.29, 0.717) is 5.92 Å². The van der Waals surface area contributed by atoms with Crippen LogP contribution in [0.15, 0.2) is 0 Å².